The van der Waals surface area contributed by atoms with Crippen molar-refractivity contribution >= 4 is 22.4 Å². The number of hydrogen-bond donors (Lipinski definition) is 1. The molecule has 2 nitrogen and oxygen atoms in total. The van der Waals surface area contributed by atoms with Gasteiger partial charge in [-0.3, -0.25) is 4.21 Å². The molecule has 0 bridgehead atoms. The van der Waals surface area contributed by atoms with E-state index in [-0.39, 0.29) is 6.04 Å². The molecule has 17 heavy (non-hydrogen) atoms. The van der Waals surface area contributed by atoms with E-state index in [0.29, 0.717) is 11.7 Å². The summed E-state index contributed by atoms with van der Waals surface area (Å²) < 4.78 is 11.1. The monoisotopic (exact) mass is 273 g/mol. The minimum absolute atomic E-state index is 0.280. The van der Waals surface area contributed by atoms with Crippen molar-refractivity contribution in [1.29, 1.82) is 0 Å². The van der Waals surface area contributed by atoms with Gasteiger partial charge in [-0.2, -0.15) is 0 Å². The molecule has 0 saturated heterocycles. The van der Waals surface area contributed by atoms with Gasteiger partial charge in [0.15, 0.2) is 0 Å². The van der Waals surface area contributed by atoms with E-state index < -0.39 is 10.8 Å². The van der Waals surface area contributed by atoms with Gasteiger partial charge in [-0.05, 0) is 30.5 Å². The topological polar surface area (TPSA) is 29.1 Å². The maximum absolute atomic E-state index is 11.1. The van der Waals surface area contributed by atoms with Gasteiger partial charge in [0.05, 0.1) is 0 Å². The lowest BCUT2D eigenvalue weighted by molar-refractivity contribution is 0.549. The van der Waals surface area contributed by atoms with Gasteiger partial charge in [0.1, 0.15) is 0 Å². The smallest absolute Gasteiger partial charge is 0.0408 e. The summed E-state index contributed by atoms with van der Waals surface area (Å²) in [5, 5.41) is 4.17. The number of halogens is 1. The van der Waals surface area contributed by atoms with E-state index in [4.69, 9.17) is 11.6 Å². The lowest BCUT2D eigenvalue weighted by Gasteiger charge is -2.17. The van der Waals surface area contributed by atoms with Gasteiger partial charge < -0.3 is 5.32 Å². The molecule has 1 aromatic carbocycles. The molecule has 0 aromatic heterocycles. The first-order valence-corrected chi connectivity index (χ1v) is 7.88. The molecule has 0 spiro atoms. The van der Waals surface area contributed by atoms with Gasteiger partial charge in [-0.25, -0.2) is 0 Å². The standard InChI is InChI=1S/C13H20ClNOS/c1-10(8-15-11(2)9-17(3)16)12-5-4-6-13(14)7-12/h4-7,10-11,15H,8-9H2,1-3H3/t10-,11+,17-/m0/s1. The third kappa shape index (κ3) is 5.66. The summed E-state index contributed by atoms with van der Waals surface area (Å²) in [5.41, 5.74) is 1.23. The summed E-state index contributed by atoms with van der Waals surface area (Å²) in [5.74, 6) is 1.10. The molecule has 0 unspecified atom stereocenters. The highest BCUT2D eigenvalue weighted by atomic mass is 35.5. The summed E-state index contributed by atoms with van der Waals surface area (Å²) in [7, 11) is -0.742. The maximum atomic E-state index is 11.1. The van der Waals surface area contributed by atoms with Gasteiger partial charge in [0, 0.05) is 40.4 Å². The lowest BCUT2D eigenvalue weighted by Crippen LogP contribution is -2.33. The van der Waals surface area contributed by atoms with Crippen molar-refractivity contribution in [2.24, 2.45) is 0 Å². The lowest BCUT2D eigenvalue weighted by atomic mass is 10.0. The Balaban J connectivity index is 2.44. The Kier molecular flexibility index (Phi) is 6.17. The van der Waals surface area contributed by atoms with Crippen LogP contribution in [-0.4, -0.2) is 28.8 Å². The zero-order chi connectivity index (χ0) is 12.8. The molecule has 0 saturated carbocycles. The van der Waals surface area contributed by atoms with Gasteiger partial charge in [0.2, 0.25) is 0 Å². The molecule has 0 heterocycles. The van der Waals surface area contributed by atoms with Crippen LogP contribution in [0.4, 0.5) is 0 Å². The van der Waals surface area contributed by atoms with E-state index in [1.807, 2.05) is 18.2 Å². The van der Waals surface area contributed by atoms with E-state index in [1.165, 1.54) is 5.56 Å². The molecule has 96 valence electrons. The van der Waals surface area contributed by atoms with Crippen molar-refractivity contribution in [3.8, 4) is 0 Å². The van der Waals surface area contributed by atoms with Gasteiger partial charge in [0.25, 0.3) is 0 Å². The van der Waals surface area contributed by atoms with Crippen molar-refractivity contribution in [1.82, 2.24) is 5.32 Å². The number of benzene rings is 1. The fraction of sp³-hybridized carbons (Fsp3) is 0.538. The number of hydrogen-bond acceptors (Lipinski definition) is 2. The Bertz CT molecular complexity index is 383. The molecule has 1 rings (SSSR count). The van der Waals surface area contributed by atoms with E-state index in [0.717, 1.165) is 11.6 Å². The molecule has 0 aliphatic heterocycles. The first-order chi connectivity index (χ1) is 7.99. The van der Waals surface area contributed by atoms with Crippen LogP contribution in [0.25, 0.3) is 0 Å². The SMILES string of the molecule is C[C@H](C[S@](C)=O)NC[C@H](C)c1cccc(Cl)c1. The zero-order valence-electron chi connectivity index (χ0n) is 10.6. The summed E-state index contributed by atoms with van der Waals surface area (Å²) in [6.07, 6.45) is 1.73. The first kappa shape index (κ1) is 14.7. The molecule has 1 N–H and O–H groups in total. The van der Waals surface area contributed by atoms with Crippen LogP contribution in [0.5, 0.6) is 0 Å². The predicted octanol–water partition coefficient (Wildman–Crippen LogP) is 2.80. The van der Waals surface area contributed by atoms with E-state index in [2.05, 4.69) is 25.2 Å². The van der Waals surface area contributed by atoms with Crippen LogP contribution in [0.3, 0.4) is 0 Å². The molecule has 0 amide bonds. The highest BCUT2D eigenvalue weighted by Gasteiger charge is 2.09. The van der Waals surface area contributed by atoms with E-state index >= 15 is 0 Å². The van der Waals surface area contributed by atoms with Crippen LogP contribution >= 0.6 is 11.6 Å². The summed E-state index contributed by atoms with van der Waals surface area (Å²) >= 11 is 5.96. The van der Waals surface area contributed by atoms with Crippen LogP contribution in [0.15, 0.2) is 24.3 Å². The molecule has 3 atom stereocenters. The summed E-state index contributed by atoms with van der Waals surface area (Å²) in [4.78, 5) is 0. The van der Waals surface area contributed by atoms with E-state index in [9.17, 15) is 4.21 Å². The van der Waals surface area contributed by atoms with Gasteiger partial charge in [-0.15, -0.1) is 0 Å². The van der Waals surface area contributed by atoms with Crippen LogP contribution in [0.2, 0.25) is 5.02 Å². The molecule has 4 heteroatoms. The average molecular weight is 274 g/mol. The molecule has 0 aliphatic rings. The fourth-order valence-electron chi connectivity index (χ4n) is 1.72. The highest BCUT2D eigenvalue weighted by Crippen LogP contribution is 2.18. The summed E-state index contributed by atoms with van der Waals surface area (Å²) in [6, 6.07) is 8.21. The maximum Gasteiger partial charge on any atom is 0.0408 e. The predicted molar refractivity (Wildman–Crippen MR) is 76.3 cm³/mol. The quantitative estimate of drug-likeness (QED) is 0.864. The molecule has 0 aliphatic carbocycles. The number of nitrogens with one attached hydrogen (secondary N) is 1. The van der Waals surface area contributed by atoms with Crippen molar-refractivity contribution in [2.45, 2.75) is 25.8 Å². The molecular formula is C13H20ClNOS. The van der Waals surface area contributed by atoms with Crippen LogP contribution in [0, 0.1) is 0 Å². The second-order valence-electron chi connectivity index (χ2n) is 4.51. The normalized spacial score (nSPS) is 16.5. The van der Waals surface area contributed by atoms with E-state index in [1.54, 1.807) is 6.26 Å². The Morgan fingerprint density at radius 3 is 2.71 bits per heavy atom. The van der Waals surface area contributed by atoms with Crippen molar-refractivity contribution in [3.05, 3.63) is 34.9 Å². The third-order valence-corrected chi connectivity index (χ3v) is 3.88. The van der Waals surface area contributed by atoms with Crippen LogP contribution in [0.1, 0.15) is 25.3 Å². The zero-order valence-corrected chi connectivity index (χ0v) is 12.1. The Hall–Kier alpha value is -0.380. The van der Waals surface area contributed by atoms with Crippen LogP contribution in [-0.2, 0) is 10.8 Å². The Labute approximate surface area is 111 Å². The molecule has 1 aromatic rings. The highest BCUT2D eigenvalue weighted by molar-refractivity contribution is 7.84. The first-order valence-electron chi connectivity index (χ1n) is 5.78. The molecule has 0 fully saturated rings. The Morgan fingerprint density at radius 1 is 1.41 bits per heavy atom. The van der Waals surface area contributed by atoms with Crippen molar-refractivity contribution in [3.63, 3.8) is 0 Å². The van der Waals surface area contributed by atoms with Crippen LogP contribution < -0.4 is 5.32 Å². The van der Waals surface area contributed by atoms with Gasteiger partial charge >= 0.3 is 0 Å². The average Bonchev–Trinajstić information content (AvgIpc) is 2.25. The fourth-order valence-corrected chi connectivity index (χ4v) is 2.74. The third-order valence-electron chi connectivity index (χ3n) is 2.67. The van der Waals surface area contributed by atoms with Gasteiger partial charge in [-0.1, -0.05) is 30.7 Å². The largest absolute Gasteiger partial charge is 0.313 e. The van der Waals surface area contributed by atoms with Crippen molar-refractivity contribution < 1.29 is 4.21 Å². The minimum atomic E-state index is -0.742. The minimum Gasteiger partial charge on any atom is -0.313 e. The second-order valence-corrected chi connectivity index (χ2v) is 6.42. The summed E-state index contributed by atoms with van der Waals surface area (Å²) in [6.45, 7) is 5.10. The molecular weight excluding hydrogens is 254 g/mol. The Morgan fingerprint density at radius 2 is 2.12 bits per heavy atom. The second kappa shape index (κ2) is 7.14. The molecule has 0 radical (unpaired) electrons. The van der Waals surface area contributed by atoms with Crippen molar-refractivity contribution in [2.75, 3.05) is 18.6 Å². The number of rotatable bonds is 6.